The van der Waals surface area contributed by atoms with Gasteiger partial charge >= 0.3 is 0 Å². The van der Waals surface area contributed by atoms with Crippen molar-refractivity contribution in [3.63, 3.8) is 0 Å². The number of hydrogen-bond acceptors (Lipinski definition) is 4. The Morgan fingerprint density at radius 3 is 1.38 bits per heavy atom. The molecule has 0 aliphatic heterocycles. The second-order valence-electron chi connectivity index (χ2n) is 0.782. The minimum absolute atomic E-state index is 0.269. The maximum atomic E-state index is 8.02. The molecule has 4 nitrogen and oxygen atoms in total. The molecule has 0 unspecified atom stereocenters. The van der Waals surface area contributed by atoms with Gasteiger partial charge in [0.05, 0.1) is 0 Å². The van der Waals surface area contributed by atoms with Crippen LogP contribution in [0.25, 0.3) is 0 Å². The third-order valence-electron chi connectivity index (χ3n) is 0.346. The van der Waals surface area contributed by atoms with Gasteiger partial charge in [0.2, 0.25) is 0 Å². The summed E-state index contributed by atoms with van der Waals surface area (Å²) in [5, 5.41) is 21.6. The van der Waals surface area contributed by atoms with Crippen LogP contribution in [-0.4, -0.2) is 17.9 Å². The van der Waals surface area contributed by atoms with Crippen LogP contribution in [0.4, 0.5) is 0 Å². The van der Waals surface area contributed by atoms with Gasteiger partial charge < -0.3 is 10.4 Å². The fourth-order valence-corrected chi connectivity index (χ4v) is 0.298. The molecule has 8 heavy (non-hydrogen) atoms. The van der Waals surface area contributed by atoms with Crippen molar-refractivity contribution in [3.8, 4) is 0 Å². The highest BCUT2D eigenvalue weighted by molar-refractivity contribution is 14.1. The minimum atomic E-state index is 0.269. The van der Waals surface area contributed by atoms with E-state index in [1.54, 1.807) is 45.2 Å². The van der Waals surface area contributed by atoms with E-state index in [4.69, 9.17) is 10.4 Å². The lowest BCUT2D eigenvalue weighted by Gasteiger charge is -1.84. The molecule has 0 aliphatic carbocycles. The lowest BCUT2D eigenvalue weighted by atomic mass is 10.8. The molecule has 0 aromatic carbocycles. The van der Waals surface area contributed by atoms with Crippen LogP contribution in [0.2, 0.25) is 0 Å². The first kappa shape index (κ1) is 8.40. The van der Waals surface area contributed by atoms with Crippen LogP contribution in [-0.2, 0) is 0 Å². The Hall–Kier alpha value is 0.400. The highest BCUT2D eigenvalue weighted by Gasteiger charge is 1.98. The standard InChI is InChI=1S/C2H2I2N2O2/c3-1(5-7)2(4)6-8/h7-8H. The Bertz CT molecular complexity index is 116. The fraction of sp³-hybridized carbons (Fsp3) is 0. The molecular weight excluding hydrogens is 338 g/mol. The van der Waals surface area contributed by atoms with Gasteiger partial charge in [0.25, 0.3) is 0 Å². The smallest absolute Gasteiger partial charge is 0.175 e. The molecule has 0 aliphatic rings. The Balaban J connectivity index is 4.04. The van der Waals surface area contributed by atoms with Crippen molar-refractivity contribution in [2.24, 2.45) is 10.3 Å². The number of hydrogen-bond donors (Lipinski definition) is 2. The first-order valence-corrected chi connectivity index (χ1v) is 3.63. The lowest BCUT2D eigenvalue weighted by Crippen LogP contribution is -1.95. The molecule has 0 amide bonds. The molecule has 0 radical (unpaired) electrons. The van der Waals surface area contributed by atoms with Gasteiger partial charge in [-0.1, -0.05) is 10.3 Å². The van der Waals surface area contributed by atoms with Crippen LogP contribution < -0.4 is 0 Å². The zero-order chi connectivity index (χ0) is 6.57. The minimum Gasteiger partial charge on any atom is -0.410 e. The summed E-state index contributed by atoms with van der Waals surface area (Å²) >= 11 is 3.47. The fourth-order valence-electron chi connectivity index (χ4n) is 0.0825. The van der Waals surface area contributed by atoms with Gasteiger partial charge in [-0.05, 0) is 45.2 Å². The molecule has 0 saturated heterocycles. The van der Waals surface area contributed by atoms with E-state index in [0.717, 1.165) is 0 Å². The average molecular weight is 340 g/mol. The van der Waals surface area contributed by atoms with Gasteiger partial charge in [-0.2, -0.15) is 0 Å². The molecule has 0 rings (SSSR count). The van der Waals surface area contributed by atoms with E-state index < -0.39 is 0 Å². The van der Waals surface area contributed by atoms with Gasteiger partial charge in [0, 0.05) is 0 Å². The average Bonchev–Trinajstić information content (AvgIpc) is 1.84. The van der Waals surface area contributed by atoms with Crippen molar-refractivity contribution < 1.29 is 10.4 Å². The second-order valence-corrected chi connectivity index (χ2v) is 2.83. The Morgan fingerprint density at radius 2 is 1.25 bits per heavy atom. The van der Waals surface area contributed by atoms with Gasteiger partial charge in [-0.25, -0.2) is 0 Å². The van der Waals surface area contributed by atoms with Crippen LogP contribution in [0.1, 0.15) is 0 Å². The maximum absolute atomic E-state index is 8.02. The maximum Gasteiger partial charge on any atom is 0.175 e. The largest absolute Gasteiger partial charge is 0.410 e. The lowest BCUT2D eigenvalue weighted by molar-refractivity contribution is 0.317. The Labute approximate surface area is 72.9 Å². The summed E-state index contributed by atoms with van der Waals surface area (Å²) in [6.07, 6.45) is 0. The molecule has 0 heterocycles. The zero-order valence-corrected chi connectivity index (χ0v) is 7.86. The Morgan fingerprint density at radius 1 is 1.00 bits per heavy atom. The van der Waals surface area contributed by atoms with E-state index in [2.05, 4.69) is 10.3 Å². The van der Waals surface area contributed by atoms with Crippen molar-refractivity contribution in [2.45, 2.75) is 0 Å². The first-order valence-electron chi connectivity index (χ1n) is 1.48. The molecule has 0 spiro atoms. The molecule has 2 N–H and O–H groups in total. The van der Waals surface area contributed by atoms with E-state index >= 15 is 0 Å². The molecule has 0 bridgehead atoms. The van der Waals surface area contributed by atoms with E-state index in [1.807, 2.05) is 0 Å². The molecular formula is C2H2I2N2O2. The number of halogens is 2. The van der Waals surface area contributed by atoms with E-state index in [9.17, 15) is 0 Å². The van der Waals surface area contributed by atoms with E-state index in [-0.39, 0.29) is 7.44 Å². The van der Waals surface area contributed by atoms with Crippen molar-refractivity contribution in [1.29, 1.82) is 0 Å². The van der Waals surface area contributed by atoms with Crippen LogP contribution in [0.5, 0.6) is 0 Å². The summed E-state index contributed by atoms with van der Waals surface area (Å²) in [5.74, 6) is 0. The topological polar surface area (TPSA) is 65.2 Å². The second kappa shape index (κ2) is 4.30. The summed E-state index contributed by atoms with van der Waals surface area (Å²) in [6, 6.07) is 0. The molecule has 6 heteroatoms. The molecule has 0 saturated carbocycles. The summed E-state index contributed by atoms with van der Waals surface area (Å²) in [5.41, 5.74) is 0. The van der Waals surface area contributed by atoms with Crippen LogP contribution in [0.3, 0.4) is 0 Å². The third-order valence-corrected chi connectivity index (χ3v) is 2.83. The van der Waals surface area contributed by atoms with Crippen LogP contribution >= 0.6 is 45.2 Å². The first-order chi connectivity index (χ1) is 3.72. The zero-order valence-electron chi connectivity index (χ0n) is 3.54. The number of nitrogens with zero attached hydrogens (tertiary/aromatic N) is 2. The van der Waals surface area contributed by atoms with Crippen LogP contribution in [0.15, 0.2) is 10.3 Å². The summed E-state index contributed by atoms with van der Waals surface area (Å²) in [4.78, 5) is 0. The van der Waals surface area contributed by atoms with Crippen molar-refractivity contribution >= 4 is 52.6 Å². The SMILES string of the molecule is ON=C(I)C(I)=NO. The van der Waals surface area contributed by atoms with Crippen molar-refractivity contribution in [3.05, 3.63) is 0 Å². The third kappa shape index (κ3) is 2.64. The number of oxime groups is 2. The predicted octanol–water partition coefficient (Wildman–Crippen LogP) is 1.43. The molecule has 0 aromatic heterocycles. The molecule has 46 valence electrons. The highest BCUT2D eigenvalue weighted by atomic mass is 127. The van der Waals surface area contributed by atoms with Crippen molar-refractivity contribution in [1.82, 2.24) is 0 Å². The molecule has 0 atom stereocenters. The van der Waals surface area contributed by atoms with Gasteiger partial charge in [0.1, 0.15) is 0 Å². The predicted molar refractivity (Wildman–Crippen MR) is 46.5 cm³/mol. The van der Waals surface area contributed by atoms with Gasteiger partial charge in [-0.3, -0.25) is 0 Å². The van der Waals surface area contributed by atoms with Crippen molar-refractivity contribution in [2.75, 3.05) is 0 Å². The monoisotopic (exact) mass is 340 g/mol. The van der Waals surface area contributed by atoms with Gasteiger partial charge in [0.15, 0.2) is 7.44 Å². The summed E-state index contributed by atoms with van der Waals surface area (Å²) in [6.45, 7) is 0. The van der Waals surface area contributed by atoms with E-state index in [0.29, 0.717) is 0 Å². The van der Waals surface area contributed by atoms with Crippen LogP contribution in [0, 0.1) is 0 Å². The summed E-state index contributed by atoms with van der Waals surface area (Å²) < 4.78 is 0.538. The molecule has 0 fully saturated rings. The number of rotatable bonds is 1. The Kier molecular flexibility index (Phi) is 4.51. The van der Waals surface area contributed by atoms with Gasteiger partial charge in [-0.15, -0.1) is 0 Å². The highest BCUT2D eigenvalue weighted by Crippen LogP contribution is 1.99. The molecule has 0 aromatic rings. The summed E-state index contributed by atoms with van der Waals surface area (Å²) in [7, 11) is 0. The normalized spacial score (nSPS) is 14.2. The quantitative estimate of drug-likeness (QED) is 0.328. The van der Waals surface area contributed by atoms with E-state index in [1.165, 1.54) is 0 Å².